The van der Waals surface area contributed by atoms with Gasteiger partial charge in [-0.05, 0) is 25.0 Å². The third kappa shape index (κ3) is 6.24. The predicted molar refractivity (Wildman–Crippen MR) is 64.8 cm³/mol. The normalized spacial score (nSPS) is 11.5. The molecule has 86 valence electrons. The molecule has 0 aliphatic carbocycles. The van der Waals surface area contributed by atoms with Gasteiger partial charge in [0.15, 0.2) is 0 Å². The van der Waals surface area contributed by atoms with Crippen LogP contribution in [0, 0.1) is 0 Å². The molecule has 1 aromatic rings. The van der Waals surface area contributed by atoms with Crippen LogP contribution in [0.2, 0.25) is 0 Å². The van der Waals surface area contributed by atoms with Gasteiger partial charge in [0.05, 0.1) is 6.10 Å². The van der Waals surface area contributed by atoms with Gasteiger partial charge in [-0.15, -0.1) is 0 Å². The van der Waals surface area contributed by atoms with Crippen LogP contribution in [-0.4, -0.2) is 10.1 Å². The van der Waals surface area contributed by atoms with Crippen molar-refractivity contribution in [3.05, 3.63) is 29.6 Å². The van der Waals surface area contributed by atoms with E-state index in [-0.39, 0.29) is 0 Å². The predicted octanol–water partition coefficient (Wildman–Crippen LogP) is 3.50. The SMILES string of the molecule is CCC.CCCc1ccc(C(C)O)cn1. The monoisotopic (exact) mass is 209 g/mol. The average Bonchev–Trinajstić information content (AvgIpc) is 2.20. The average molecular weight is 209 g/mol. The fourth-order valence-electron chi connectivity index (χ4n) is 1.09. The zero-order chi connectivity index (χ0) is 11.7. The number of nitrogens with zero attached hydrogens (tertiary/aromatic N) is 1. The van der Waals surface area contributed by atoms with Crippen molar-refractivity contribution in [1.29, 1.82) is 0 Å². The highest BCUT2D eigenvalue weighted by molar-refractivity contribution is 5.15. The van der Waals surface area contributed by atoms with E-state index in [1.54, 1.807) is 13.1 Å². The molecule has 1 atom stereocenters. The van der Waals surface area contributed by atoms with Crippen LogP contribution in [0.25, 0.3) is 0 Å². The Morgan fingerprint density at radius 1 is 1.27 bits per heavy atom. The molecule has 1 heterocycles. The molecular weight excluding hydrogens is 186 g/mol. The van der Waals surface area contributed by atoms with Crippen LogP contribution >= 0.6 is 0 Å². The Bertz CT molecular complexity index is 241. The van der Waals surface area contributed by atoms with Gasteiger partial charge in [0.1, 0.15) is 0 Å². The van der Waals surface area contributed by atoms with Crippen LogP contribution in [0.15, 0.2) is 18.3 Å². The lowest BCUT2D eigenvalue weighted by atomic mass is 10.1. The molecule has 0 saturated carbocycles. The van der Waals surface area contributed by atoms with Gasteiger partial charge in [-0.3, -0.25) is 4.98 Å². The standard InChI is InChI=1S/C10H15NO.C3H8/c1-3-4-10-6-5-9(7-11-10)8(2)12;1-3-2/h5-8,12H,3-4H2,1-2H3;3H2,1-2H3. The smallest absolute Gasteiger partial charge is 0.0776 e. The van der Waals surface area contributed by atoms with Crippen molar-refractivity contribution in [1.82, 2.24) is 4.98 Å². The van der Waals surface area contributed by atoms with Crippen molar-refractivity contribution in [3.8, 4) is 0 Å². The second-order valence-electron chi connectivity index (χ2n) is 3.72. The van der Waals surface area contributed by atoms with Gasteiger partial charge in [-0.1, -0.05) is 39.7 Å². The number of aryl methyl sites for hydroxylation is 1. The summed E-state index contributed by atoms with van der Waals surface area (Å²) in [4.78, 5) is 4.23. The zero-order valence-corrected chi connectivity index (χ0v) is 10.3. The number of aromatic nitrogens is 1. The lowest BCUT2D eigenvalue weighted by molar-refractivity contribution is 0.199. The van der Waals surface area contributed by atoms with E-state index in [1.807, 2.05) is 12.1 Å². The minimum absolute atomic E-state index is 0.409. The summed E-state index contributed by atoms with van der Waals surface area (Å²) in [5.41, 5.74) is 1.98. The molecule has 2 nitrogen and oxygen atoms in total. The Morgan fingerprint density at radius 3 is 2.20 bits per heavy atom. The minimum Gasteiger partial charge on any atom is -0.389 e. The molecular formula is C13H23NO. The van der Waals surface area contributed by atoms with Crippen molar-refractivity contribution in [2.24, 2.45) is 0 Å². The first-order valence-corrected chi connectivity index (χ1v) is 5.78. The van der Waals surface area contributed by atoms with E-state index < -0.39 is 6.10 Å². The summed E-state index contributed by atoms with van der Waals surface area (Å²) in [7, 11) is 0. The summed E-state index contributed by atoms with van der Waals surface area (Å²) >= 11 is 0. The Morgan fingerprint density at radius 2 is 1.87 bits per heavy atom. The summed E-state index contributed by atoms with van der Waals surface area (Å²) in [5.74, 6) is 0. The summed E-state index contributed by atoms with van der Waals surface area (Å²) < 4.78 is 0. The Hall–Kier alpha value is -0.890. The summed E-state index contributed by atoms with van der Waals surface area (Å²) in [5, 5.41) is 9.20. The van der Waals surface area contributed by atoms with Crippen LogP contribution in [0.4, 0.5) is 0 Å². The van der Waals surface area contributed by atoms with Gasteiger partial charge in [-0.2, -0.15) is 0 Å². The van der Waals surface area contributed by atoms with E-state index in [1.165, 1.54) is 6.42 Å². The molecule has 1 aromatic heterocycles. The lowest BCUT2D eigenvalue weighted by Gasteiger charge is -2.04. The molecule has 0 aliphatic rings. The van der Waals surface area contributed by atoms with Gasteiger partial charge in [0.25, 0.3) is 0 Å². The Balaban J connectivity index is 0.000000583. The molecule has 1 rings (SSSR count). The molecule has 0 fully saturated rings. The molecule has 15 heavy (non-hydrogen) atoms. The maximum Gasteiger partial charge on any atom is 0.0776 e. The highest BCUT2D eigenvalue weighted by Gasteiger charge is 2.00. The van der Waals surface area contributed by atoms with E-state index in [2.05, 4.69) is 25.8 Å². The topological polar surface area (TPSA) is 33.1 Å². The van der Waals surface area contributed by atoms with E-state index in [4.69, 9.17) is 0 Å². The number of hydrogen-bond acceptors (Lipinski definition) is 2. The van der Waals surface area contributed by atoms with E-state index in [9.17, 15) is 5.11 Å². The van der Waals surface area contributed by atoms with Crippen LogP contribution in [0.5, 0.6) is 0 Å². The van der Waals surface area contributed by atoms with Crippen LogP contribution < -0.4 is 0 Å². The number of aliphatic hydroxyl groups excluding tert-OH is 1. The molecule has 1 unspecified atom stereocenters. The van der Waals surface area contributed by atoms with Crippen LogP contribution in [0.3, 0.4) is 0 Å². The second-order valence-corrected chi connectivity index (χ2v) is 3.72. The van der Waals surface area contributed by atoms with E-state index in [0.717, 1.165) is 24.1 Å². The lowest BCUT2D eigenvalue weighted by Crippen LogP contribution is -1.94. The van der Waals surface area contributed by atoms with Gasteiger partial charge in [0, 0.05) is 11.9 Å². The van der Waals surface area contributed by atoms with Crippen molar-refractivity contribution >= 4 is 0 Å². The van der Waals surface area contributed by atoms with E-state index in [0.29, 0.717) is 0 Å². The van der Waals surface area contributed by atoms with Gasteiger partial charge in [0.2, 0.25) is 0 Å². The molecule has 0 aromatic carbocycles. The minimum atomic E-state index is -0.409. The first-order valence-electron chi connectivity index (χ1n) is 5.78. The number of rotatable bonds is 3. The molecule has 0 spiro atoms. The van der Waals surface area contributed by atoms with Gasteiger partial charge < -0.3 is 5.11 Å². The van der Waals surface area contributed by atoms with E-state index >= 15 is 0 Å². The molecule has 1 N–H and O–H groups in total. The van der Waals surface area contributed by atoms with Crippen molar-refractivity contribution in [2.45, 2.75) is 53.1 Å². The molecule has 0 aliphatic heterocycles. The second kappa shape index (κ2) is 8.42. The van der Waals surface area contributed by atoms with Gasteiger partial charge in [-0.25, -0.2) is 0 Å². The van der Waals surface area contributed by atoms with Crippen molar-refractivity contribution in [3.63, 3.8) is 0 Å². The number of aliphatic hydroxyl groups is 1. The molecule has 0 radical (unpaired) electrons. The summed E-state index contributed by atoms with van der Waals surface area (Å²) in [6.07, 6.45) is 4.71. The highest BCUT2D eigenvalue weighted by atomic mass is 16.3. The fraction of sp³-hybridized carbons (Fsp3) is 0.615. The third-order valence-corrected chi connectivity index (χ3v) is 1.84. The maximum absolute atomic E-state index is 9.20. The van der Waals surface area contributed by atoms with Crippen molar-refractivity contribution in [2.75, 3.05) is 0 Å². The number of pyridine rings is 1. The summed E-state index contributed by atoms with van der Waals surface area (Å²) in [6, 6.07) is 3.91. The van der Waals surface area contributed by atoms with Crippen LogP contribution in [0.1, 0.15) is 57.9 Å². The quantitative estimate of drug-likeness (QED) is 0.826. The largest absolute Gasteiger partial charge is 0.389 e. The first kappa shape index (κ1) is 14.1. The molecule has 0 bridgehead atoms. The van der Waals surface area contributed by atoms with Crippen LogP contribution in [-0.2, 0) is 6.42 Å². The Kier molecular flexibility index (Phi) is 7.92. The Labute approximate surface area is 93.4 Å². The number of hydrogen-bond donors (Lipinski definition) is 1. The molecule has 0 amide bonds. The third-order valence-electron chi connectivity index (χ3n) is 1.84. The van der Waals surface area contributed by atoms with Crippen molar-refractivity contribution < 1.29 is 5.11 Å². The maximum atomic E-state index is 9.20. The van der Waals surface area contributed by atoms with Gasteiger partial charge >= 0.3 is 0 Å². The molecule has 2 heteroatoms. The first-order chi connectivity index (χ1) is 7.15. The highest BCUT2D eigenvalue weighted by Crippen LogP contribution is 2.10. The molecule has 0 saturated heterocycles. The fourth-order valence-corrected chi connectivity index (χ4v) is 1.09. The zero-order valence-electron chi connectivity index (χ0n) is 10.3. The summed E-state index contributed by atoms with van der Waals surface area (Å²) in [6.45, 7) is 8.13.